The predicted octanol–water partition coefficient (Wildman–Crippen LogP) is 10.1. The van der Waals surface area contributed by atoms with Gasteiger partial charge in [0.15, 0.2) is 0 Å². The molecule has 0 bridgehead atoms. The van der Waals surface area contributed by atoms with Crippen LogP contribution in [0.2, 0.25) is 0 Å². The number of hydrogen-bond acceptors (Lipinski definition) is 7. The van der Waals surface area contributed by atoms with Crippen LogP contribution in [0.1, 0.15) is 168 Å². The molecule has 2 unspecified atom stereocenters. The van der Waals surface area contributed by atoms with Crippen molar-refractivity contribution in [2.45, 2.75) is 174 Å². The Morgan fingerprint density at radius 1 is 0.638 bits per heavy atom. The average molecular weight is 690 g/mol. The quantitative estimate of drug-likeness (QED) is 0.0212. The van der Waals surface area contributed by atoms with Crippen molar-refractivity contribution in [3.63, 3.8) is 0 Å². The molecular weight excluding hydrogens is 613 g/mol. The molecular formula is C38H76NO7P. The summed E-state index contributed by atoms with van der Waals surface area (Å²) in [5, 5.41) is 0. The highest BCUT2D eigenvalue weighted by atomic mass is 31.2. The maximum Gasteiger partial charge on any atom is 0.306 e. The molecule has 0 aromatic rings. The number of allylic oxidation sites excluding steroid dienone is 2. The van der Waals surface area contributed by atoms with Gasteiger partial charge in [0.1, 0.15) is 19.3 Å². The summed E-state index contributed by atoms with van der Waals surface area (Å²) in [4.78, 5) is 24.8. The van der Waals surface area contributed by atoms with E-state index in [1.807, 2.05) is 21.1 Å². The van der Waals surface area contributed by atoms with Gasteiger partial charge in [-0.05, 0) is 38.5 Å². The van der Waals surface area contributed by atoms with E-state index in [2.05, 4.69) is 26.0 Å². The summed E-state index contributed by atoms with van der Waals surface area (Å²) in [5.74, 6) is -0.338. The minimum Gasteiger partial charge on any atom is -0.756 e. The number of phosphoric ester groups is 1. The molecule has 0 aliphatic heterocycles. The van der Waals surface area contributed by atoms with Gasteiger partial charge in [0.25, 0.3) is 7.82 Å². The van der Waals surface area contributed by atoms with Crippen molar-refractivity contribution in [3.8, 4) is 0 Å². The van der Waals surface area contributed by atoms with Crippen molar-refractivity contribution < 1.29 is 37.3 Å². The highest BCUT2D eigenvalue weighted by Gasteiger charge is 2.20. The predicted molar refractivity (Wildman–Crippen MR) is 194 cm³/mol. The van der Waals surface area contributed by atoms with Gasteiger partial charge in [-0.25, -0.2) is 0 Å². The van der Waals surface area contributed by atoms with E-state index in [9.17, 15) is 14.3 Å². The Bertz CT molecular complexity index is 772. The lowest BCUT2D eigenvalue weighted by atomic mass is 10.1. The molecule has 0 amide bonds. The Kier molecular flexibility index (Phi) is 31.9. The molecule has 0 aliphatic rings. The summed E-state index contributed by atoms with van der Waals surface area (Å²) in [7, 11) is 1.36. The van der Waals surface area contributed by atoms with E-state index in [1.54, 1.807) is 0 Å². The van der Waals surface area contributed by atoms with Crippen LogP contribution in [0.15, 0.2) is 12.2 Å². The first-order valence-electron chi connectivity index (χ1n) is 19.4. The number of carbonyl (C=O) groups is 1. The summed E-state index contributed by atoms with van der Waals surface area (Å²) in [6.07, 6.45) is 32.3. The Balaban J connectivity index is 4.10. The SMILES string of the molecule is CCCCCCCC/C=C\CCCCCCCCCCCC(=O)OC(COCCCCCCCC)COP(=O)([O-])OCC[N+](C)(C)C. The Labute approximate surface area is 290 Å². The molecule has 0 heterocycles. The molecule has 0 aromatic carbocycles. The van der Waals surface area contributed by atoms with Gasteiger partial charge in [-0.3, -0.25) is 9.36 Å². The Morgan fingerprint density at radius 3 is 1.62 bits per heavy atom. The zero-order chi connectivity index (χ0) is 34.9. The van der Waals surface area contributed by atoms with E-state index >= 15 is 0 Å². The normalized spacial score (nSPS) is 14.1. The molecule has 0 aromatic heterocycles. The highest BCUT2D eigenvalue weighted by Crippen LogP contribution is 2.38. The first kappa shape index (κ1) is 46.2. The van der Waals surface area contributed by atoms with Crippen molar-refractivity contribution in [2.24, 2.45) is 0 Å². The fraction of sp³-hybridized carbons (Fsp3) is 0.921. The second-order valence-corrected chi connectivity index (χ2v) is 15.7. The van der Waals surface area contributed by atoms with Crippen molar-refractivity contribution in [1.29, 1.82) is 0 Å². The fourth-order valence-electron chi connectivity index (χ4n) is 5.25. The lowest BCUT2D eigenvalue weighted by Crippen LogP contribution is -2.37. The number of ether oxygens (including phenoxy) is 2. The van der Waals surface area contributed by atoms with Crippen molar-refractivity contribution >= 4 is 13.8 Å². The molecule has 0 fully saturated rings. The van der Waals surface area contributed by atoms with Gasteiger partial charge in [-0.2, -0.15) is 0 Å². The number of likely N-dealkylation sites (N-methyl/N-ethyl adjacent to an activating group) is 1. The van der Waals surface area contributed by atoms with Crippen LogP contribution in [0.5, 0.6) is 0 Å². The van der Waals surface area contributed by atoms with Gasteiger partial charge in [0, 0.05) is 13.0 Å². The topological polar surface area (TPSA) is 94.1 Å². The van der Waals surface area contributed by atoms with Gasteiger partial charge in [-0.15, -0.1) is 0 Å². The average Bonchev–Trinajstić information content (AvgIpc) is 3.01. The van der Waals surface area contributed by atoms with E-state index in [-0.39, 0.29) is 25.8 Å². The smallest absolute Gasteiger partial charge is 0.306 e. The van der Waals surface area contributed by atoms with E-state index in [0.29, 0.717) is 24.1 Å². The van der Waals surface area contributed by atoms with E-state index in [0.717, 1.165) is 32.1 Å². The lowest BCUT2D eigenvalue weighted by molar-refractivity contribution is -0.870. The molecule has 9 heteroatoms. The van der Waals surface area contributed by atoms with Crippen LogP contribution in [0, 0.1) is 0 Å². The number of carbonyl (C=O) groups excluding carboxylic acids is 1. The second kappa shape index (κ2) is 32.4. The number of hydrogen-bond donors (Lipinski definition) is 0. The maximum atomic E-state index is 12.6. The Hall–Kier alpha value is -0.760. The molecule has 0 radical (unpaired) electrons. The fourth-order valence-corrected chi connectivity index (χ4v) is 5.97. The third-order valence-corrected chi connectivity index (χ3v) is 9.28. The number of esters is 1. The monoisotopic (exact) mass is 690 g/mol. The molecule has 2 atom stereocenters. The summed E-state index contributed by atoms with van der Waals surface area (Å²) in [6, 6.07) is 0. The first-order chi connectivity index (χ1) is 22.6. The minimum absolute atomic E-state index is 0.0280. The molecule has 0 saturated heterocycles. The zero-order valence-electron chi connectivity index (χ0n) is 31.5. The van der Waals surface area contributed by atoms with Crippen molar-refractivity contribution in [2.75, 3.05) is 54.1 Å². The van der Waals surface area contributed by atoms with Crippen LogP contribution < -0.4 is 4.89 Å². The minimum atomic E-state index is -4.50. The molecule has 0 spiro atoms. The molecule has 0 aliphatic carbocycles. The summed E-state index contributed by atoms with van der Waals surface area (Å²) in [5.41, 5.74) is 0. The maximum absolute atomic E-state index is 12.6. The van der Waals surface area contributed by atoms with E-state index in [1.165, 1.54) is 116 Å². The van der Waals surface area contributed by atoms with Crippen molar-refractivity contribution in [3.05, 3.63) is 12.2 Å². The van der Waals surface area contributed by atoms with Crippen LogP contribution in [0.25, 0.3) is 0 Å². The summed E-state index contributed by atoms with van der Waals surface area (Å²) < 4.78 is 34.3. The molecule has 0 saturated carbocycles. The molecule has 8 nitrogen and oxygen atoms in total. The summed E-state index contributed by atoms with van der Waals surface area (Å²) in [6.45, 7) is 5.36. The largest absolute Gasteiger partial charge is 0.756 e. The molecule has 280 valence electrons. The van der Waals surface area contributed by atoms with Gasteiger partial charge in [0.05, 0.1) is 34.4 Å². The van der Waals surface area contributed by atoms with Gasteiger partial charge < -0.3 is 27.9 Å². The van der Waals surface area contributed by atoms with Crippen molar-refractivity contribution in [1.82, 2.24) is 0 Å². The third kappa shape index (κ3) is 36.3. The third-order valence-electron chi connectivity index (χ3n) is 8.32. The highest BCUT2D eigenvalue weighted by molar-refractivity contribution is 7.45. The van der Waals surface area contributed by atoms with Crippen LogP contribution in [-0.2, 0) is 27.9 Å². The van der Waals surface area contributed by atoms with E-state index < -0.39 is 13.9 Å². The number of phosphoric acid groups is 1. The van der Waals surface area contributed by atoms with Crippen LogP contribution in [-0.4, -0.2) is 70.7 Å². The molecule has 0 N–H and O–H groups in total. The standard InChI is InChI=1S/C38H76NO7P/c1-6-8-10-12-14-15-16-17-18-19-20-21-22-23-24-25-26-27-29-31-38(40)46-37(35-43-33-30-28-13-11-9-7-2)36-45-47(41,42)44-34-32-39(3,4)5/h17-18,37H,6-16,19-36H2,1-5H3/b18-17-. The molecule has 0 rings (SSSR count). The van der Waals surface area contributed by atoms with E-state index in [4.69, 9.17) is 18.5 Å². The van der Waals surface area contributed by atoms with Gasteiger partial charge >= 0.3 is 5.97 Å². The lowest BCUT2D eigenvalue weighted by Gasteiger charge is -2.28. The van der Waals surface area contributed by atoms with Crippen LogP contribution >= 0.6 is 7.82 Å². The van der Waals surface area contributed by atoms with Gasteiger partial charge in [0.2, 0.25) is 0 Å². The number of unbranched alkanes of at least 4 members (excludes halogenated alkanes) is 20. The number of quaternary nitrogens is 1. The molecule has 47 heavy (non-hydrogen) atoms. The number of nitrogens with zero attached hydrogens (tertiary/aromatic N) is 1. The van der Waals surface area contributed by atoms with Crippen LogP contribution in [0.3, 0.4) is 0 Å². The number of rotatable bonds is 36. The summed E-state index contributed by atoms with van der Waals surface area (Å²) >= 11 is 0. The Morgan fingerprint density at radius 2 is 1.11 bits per heavy atom. The first-order valence-corrected chi connectivity index (χ1v) is 20.9. The van der Waals surface area contributed by atoms with Gasteiger partial charge in [-0.1, -0.05) is 135 Å². The second-order valence-electron chi connectivity index (χ2n) is 14.3. The zero-order valence-corrected chi connectivity index (χ0v) is 32.4. The van der Waals surface area contributed by atoms with Crippen LogP contribution in [0.4, 0.5) is 0 Å².